The van der Waals surface area contributed by atoms with Gasteiger partial charge in [-0.1, -0.05) is 42.5 Å². The van der Waals surface area contributed by atoms with Crippen LogP contribution in [0.3, 0.4) is 0 Å². The highest BCUT2D eigenvalue weighted by atomic mass is 16.4. The number of hydrogen-bond donors (Lipinski definition) is 1. The highest BCUT2D eigenvalue weighted by molar-refractivity contribution is 5.95. The van der Waals surface area contributed by atoms with E-state index in [1.807, 2.05) is 42.5 Å². The Morgan fingerprint density at radius 3 is 2.60 bits per heavy atom. The van der Waals surface area contributed by atoms with Crippen molar-refractivity contribution in [2.45, 2.75) is 6.92 Å². The molecule has 0 amide bonds. The van der Waals surface area contributed by atoms with E-state index >= 15 is 0 Å². The zero-order valence-electron chi connectivity index (χ0n) is 10.9. The molecule has 20 heavy (non-hydrogen) atoms. The fraction of sp³-hybridized carbons (Fsp3) is 0.0625. The third-order valence-corrected chi connectivity index (χ3v) is 3.10. The minimum Gasteiger partial charge on any atom is -0.477 e. The first-order valence-electron chi connectivity index (χ1n) is 6.22. The van der Waals surface area contributed by atoms with Crippen LogP contribution in [0, 0.1) is 6.92 Å². The summed E-state index contributed by atoms with van der Waals surface area (Å²) in [5.41, 5.74) is 1.50. The smallest absolute Gasteiger partial charge is 0.354 e. The molecule has 1 N–H and O–H groups in total. The van der Waals surface area contributed by atoms with Crippen molar-refractivity contribution in [3.8, 4) is 11.4 Å². The van der Waals surface area contributed by atoms with Gasteiger partial charge >= 0.3 is 5.97 Å². The number of benzene rings is 2. The fourth-order valence-electron chi connectivity index (χ4n) is 2.22. The first-order valence-corrected chi connectivity index (χ1v) is 6.22. The van der Waals surface area contributed by atoms with E-state index in [4.69, 9.17) is 5.11 Å². The molecule has 0 bridgehead atoms. The maximum Gasteiger partial charge on any atom is 0.354 e. The highest BCUT2D eigenvalue weighted by Crippen LogP contribution is 2.26. The average molecular weight is 264 g/mol. The molecule has 3 aromatic rings. The topological polar surface area (TPSA) is 63.1 Å². The van der Waals surface area contributed by atoms with Crippen molar-refractivity contribution in [3.63, 3.8) is 0 Å². The minimum absolute atomic E-state index is 0.0143. The second kappa shape index (κ2) is 4.74. The summed E-state index contributed by atoms with van der Waals surface area (Å²) in [5.74, 6) is -0.601. The van der Waals surface area contributed by atoms with Crippen LogP contribution in [-0.2, 0) is 0 Å². The van der Waals surface area contributed by atoms with Gasteiger partial charge in [-0.05, 0) is 23.8 Å². The zero-order chi connectivity index (χ0) is 14.1. The van der Waals surface area contributed by atoms with Crippen LogP contribution in [0.1, 0.15) is 16.2 Å². The Morgan fingerprint density at radius 2 is 1.80 bits per heavy atom. The molecule has 4 nitrogen and oxygen atoms in total. The predicted molar refractivity (Wildman–Crippen MR) is 76.7 cm³/mol. The monoisotopic (exact) mass is 264 g/mol. The number of fused-ring (bicyclic) bond motifs is 1. The quantitative estimate of drug-likeness (QED) is 0.771. The number of carboxylic acid groups (broad SMARTS) is 1. The Kier molecular flexibility index (Phi) is 2.91. The summed E-state index contributed by atoms with van der Waals surface area (Å²) < 4.78 is 0. The standard InChI is InChI=1S/C16H12N2O2/c1-10-9-14(16(19)20)18-15(17-10)13-8-4-6-11-5-2-3-7-12(11)13/h2-9H,1H3,(H,19,20). The number of nitrogens with zero attached hydrogens (tertiary/aromatic N) is 2. The Bertz CT molecular complexity index is 807. The molecule has 98 valence electrons. The van der Waals surface area contributed by atoms with Crippen molar-refractivity contribution >= 4 is 16.7 Å². The number of carbonyl (C=O) groups is 1. The van der Waals surface area contributed by atoms with Crippen molar-refractivity contribution in [2.75, 3.05) is 0 Å². The van der Waals surface area contributed by atoms with Gasteiger partial charge in [-0.25, -0.2) is 14.8 Å². The lowest BCUT2D eigenvalue weighted by atomic mass is 10.0. The normalized spacial score (nSPS) is 10.7. The van der Waals surface area contributed by atoms with Gasteiger partial charge in [0.1, 0.15) is 0 Å². The van der Waals surface area contributed by atoms with Crippen LogP contribution in [-0.4, -0.2) is 21.0 Å². The summed E-state index contributed by atoms with van der Waals surface area (Å²) in [6.45, 7) is 1.77. The average Bonchev–Trinajstić information content (AvgIpc) is 2.46. The Labute approximate surface area is 115 Å². The molecule has 0 unspecified atom stereocenters. The Morgan fingerprint density at radius 1 is 1.05 bits per heavy atom. The van der Waals surface area contributed by atoms with Crippen molar-refractivity contribution < 1.29 is 9.90 Å². The minimum atomic E-state index is -1.04. The van der Waals surface area contributed by atoms with Gasteiger partial charge in [0.25, 0.3) is 0 Å². The van der Waals surface area contributed by atoms with Crippen LogP contribution in [0.5, 0.6) is 0 Å². The molecule has 0 fully saturated rings. The zero-order valence-corrected chi connectivity index (χ0v) is 10.9. The van der Waals surface area contributed by atoms with E-state index in [1.165, 1.54) is 6.07 Å². The van der Waals surface area contributed by atoms with Crippen LogP contribution < -0.4 is 0 Å². The van der Waals surface area contributed by atoms with Crippen molar-refractivity contribution in [1.82, 2.24) is 9.97 Å². The van der Waals surface area contributed by atoms with Crippen LogP contribution in [0.15, 0.2) is 48.5 Å². The molecule has 0 spiro atoms. The van der Waals surface area contributed by atoms with E-state index in [0.29, 0.717) is 11.5 Å². The van der Waals surface area contributed by atoms with E-state index in [9.17, 15) is 4.79 Å². The van der Waals surface area contributed by atoms with E-state index in [2.05, 4.69) is 9.97 Å². The molecular weight excluding hydrogens is 252 g/mol. The maximum atomic E-state index is 11.1. The van der Waals surface area contributed by atoms with Gasteiger partial charge in [0.2, 0.25) is 0 Å². The number of aromatic carboxylic acids is 1. The number of rotatable bonds is 2. The molecule has 0 aliphatic carbocycles. The van der Waals surface area contributed by atoms with Gasteiger partial charge in [0, 0.05) is 11.3 Å². The summed E-state index contributed by atoms with van der Waals surface area (Å²) in [4.78, 5) is 19.6. The SMILES string of the molecule is Cc1cc(C(=O)O)nc(-c2cccc3ccccc23)n1. The van der Waals surface area contributed by atoms with Crippen LogP contribution in [0.25, 0.3) is 22.2 Å². The molecule has 1 heterocycles. The van der Waals surface area contributed by atoms with Crippen LogP contribution in [0.4, 0.5) is 0 Å². The molecule has 0 radical (unpaired) electrons. The van der Waals surface area contributed by atoms with Gasteiger partial charge in [-0.2, -0.15) is 0 Å². The van der Waals surface area contributed by atoms with Gasteiger partial charge in [0.05, 0.1) is 0 Å². The van der Waals surface area contributed by atoms with Crippen molar-refractivity contribution in [2.24, 2.45) is 0 Å². The van der Waals surface area contributed by atoms with Gasteiger partial charge < -0.3 is 5.11 Å². The second-order valence-electron chi connectivity index (χ2n) is 4.55. The molecule has 0 aliphatic heterocycles. The third kappa shape index (κ3) is 2.12. The summed E-state index contributed by atoms with van der Waals surface area (Å²) in [6, 6.07) is 15.2. The summed E-state index contributed by atoms with van der Waals surface area (Å²) >= 11 is 0. The largest absolute Gasteiger partial charge is 0.477 e. The molecular formula is C16H12N2O2. The van der Waals surface area contributed by atoms with E-state index in [-0.39, 0.29) is 5.69 Å². The van der Waals surface area contributed by atoms with Gasteiger partial charge in [-0.15, -0.1) is 0 Å². The Balaban J connectivity index is 2.28. The molecule has 0 atom stereocenters. The summed E-state index contributed by atoms with van der Waals surface area (Å²) in [5, 5.41) is 11.2. The lowest BCUT2D eigenvalue weighted by Crippen LogP contribution is -2.04. The number of aryl methyl sites for hydroxylation is 1. The third-order valence-electron chi connectivity index (χ3n) is 3.10. The lowest BCUT2D eigenvalue weighted by molar-refractivity contribution is 0.0690. The highest BCUT2D eigenvalue weighted by Gasteiger charge is 2.11. The number of hydrogen-bond acceptors (Lipinski definition) is 3. The molecule has 0 aliphatic rings. The van der Waals surface area contributed by atoms with E-state index in [0.717, 1.165) is 16.3 Å². The van der Waals surface area contributed by atoms with Crippen molar-refractivity contribution in [3.05, 3.63) is 59.9 Å². The fourth-order valence-corrected chi connectivity index (χ4v) is 2.22. The lowest BCUT2D eigenvalue weighted by Gasteiger charge is -2.07. The van der Waals surface area contributed by atoms with Crippen LogP contribution in [0.2, 0.25) is 0 Å². The van der Waals surface area contributed by atoms with Gasteiger partial charge in [-0.3, -0.25) is 0 Å². The summed E-state index contributed by atoms with van der Waals surface area (Å²) in [7, 11) is 0. The van der Waals surface area contributed by atoms with E-state index in [1.54, 1.807) is 6.92 Å². The number of carboxylic acids is 1. The Hall–Kier alpha value is -2.75. The van der Waals surface area contributed by atoms with Crippen LogP contribution >= 0.6 is 0 Å². The summed E-state index contributed by atoms with van der Waals surface area (Å²) in [6.07, 6.45) is 0. The molecule has 0 saturated carbocycles. The first kappa shape index (κ1) is 12.3. The van der Waals surface area contributed by atoms with Crippen molar-refractivity contribution in [1.29, 1.82) is 0 Å². The maximum absolute atomic E-state index is 11.1. The van der Waals surface area contributed by atoms with Gasteiger partial charge in [0.15, 0.2) is 11.5 Å². The molecule has 4 heteroatoms. The molecule has 1 aromatic heterocycles. The molecule has 0 saturated heterocycles. The first-order chi connectivity index (χ1) is 9.65. The molecule has 2 aromatic carbocycles. The predicted octanol–water partition coefficient (Wildman–Crippen LogP) is 3.30. The number of aromatic nitrogens is 2. The molecule has 3 rings (SSSR count). The van der Waals surface area contributed by atoms with E-state index < -0.39 is 5.97 Å². The second-order valence-corrected chi connectivity index (χ2v) is 4.55.